The minimum absolute atomic E-state index is 0.134. The zero-order valence-electron chi connectivity index (χ0n) is 13.4. The molecule has 0 aliphatic heterocycles. The molecule has 7 heteroatoms. The van der Waals surface area contributed by atoms with Crippen molar-refractivity contribution in [3.8, 4) is 0 Å². The zero-order valence-corrected chi connectivity index (χ0v) is 15.9. The first kappa shape index (κ1) is 20.3. The molecule has 0 saturated heterocycles. The molecule has 0 aliphatic carbocycles. The Morgan fingerprint density at radius 3 is 2.54 bits per heavy atom. The van der Waals surface area contributed by atoms with Crippen LogP contribution >= 0.6 is 10.2 Å². The Hall–Kier alpha value is -1.79. The number of anilines is 1. The van der Waals surface area contributed by atoms with Crippen LogP contribution in [0.1, 0.15) is 0 Å². The second-order valence-electron chi connectivity index (χ2n) is 4.50. The number of methoxy groups -OCH3 is 1. The molecule has 0 aromatic heterocycles. The first-order valence-electron chi connectivity index (χ1n) is 7.01. The molecule has 24 heavy (non-hydrogen) atoms. The summed E-state index contributed by atoms with van der Waals surface area (Å²) in [5.74, 6) is -0.284. The minimum atomic E-state index is -0.682. The zero-order chi connectivity index (χ0) is 17.9. The van der Waals surface area contributed by atoms with Crippen molar-refractivity contribution in [1.29, 1.82) is 0 Å². The van der Waals surface area contributed by atoms with Crippen LogP contribution in [0.4, 0.5) is 5.69 Å². The molecule has 3 N–H and O–H groups in total. The molecule has 1 unspecified atom stereocenters. The average molecular weight is 411 g/mol. The Morgan fingerprint density at radius 1 is 1.33 bits per heavy atom. The molecule has 1 atom stereocenters. The van der Waals surface area contributed by atoms with Crippen molar-refractivity contribution >= 4 is 41.6 Å². The summed E-state index contributed by atoms with van der Waals surface area (Å²) in [4.78, 5) is 23.7. The number of carbonyl (C=O) groups is 2. The van der Waals surface area contributed by atoms with E-state index in [1.807, 2.05) is 30.3 Å². The fourth-order valence-corrected chi connectivity index (χ4v) is 5.75. The summed E-state index contributed by atoms with van der Waals surface area (Å²) in [7, 11) is 2.79. The van der Waals surface area contributed by atoms with Gasteiger partial charge in [0.1, 0.15) is 0 Å². The Kier molecular flexibility index (Phi) is 9.19. The SMILES string of the molecule is C=C/C([Se]SCC(N)C(=O)OC)=C(\C=C)C(=O)Nc1ccccc1. The summed E-state index contributed by atoms with van der Waals surface area (Å²) in [6, 6.07) is 8.49. The Balaban J connectivity index is 2.75. The van der Waals surface area contributed by atoms with E-state index in [1.165, 1.54) is 23.4 Å². The predicted molar refractivity (Wildman–Crippen MR) is 101 cm³/mol. The number of esters is 1. The summed E-state index contributed by atoms with van der Waals surface area (Å²) in [5, 5.41) is 2.82. The van der Waals surface area contributed by atoms with Crippen LogP contribution in [-0.4, -0.2) is 44.6 Å². The van der Waals surface area contributed by atoms with E-state index in [0.717, 1.165) is 4.47 Å². The summed E-state index contributed by atoms with van der Waals surface area (Å²) in [5.41, 5.74) is 6.87. The Morgan fingerprint density at radius 2 is 2.00 bits per heavy atom. The van der Waals surface area contributed by atoms with Crippen LogP contribution in [0, 0.1) is 0 Å². The molecule has 5 nitrogen and oxygen atoms in total. The summed E-state index contributed by atoms with van der Waals surface area (Å²) in [6.07, 6.45) is 3.15. The summed E-state index contributed by atoms with van der Waals surface area (Å²) < 4.78 is 5.37. The third kappa shape index (κ3) is 6.37. The van der Waals surface area contributed by atoms with Crippen molar-refractivity contribution in [2.45, 2.75) is 6.04 Å². The van der Waals surface area contributed by atoms with Crippen LogP contribution < -0.4 is 11.1 Å². The number of carbonyl (C=O) groups excluding carboxylic acids is 2. The topological polar surface area (TPSA) is 81.4 Å². The first-order valence-corrected chi connectivity index (χ1v) is 10.9. The quantitative estimate of drug-likeness (QED) is 0.282. The van der Waals surface area contributed by atoms with Crippen molar-refractivity contribution in [2.75, 3.05) is 18.2 Å². The van der Waals surface area contributed by atoms with Crippen LogP contribution in [0.2, 0.25) is 0 Å². The van der Waals surface area contributed by atoms with Gasteiger partial charge < -0.3 is 0 Å². The molecule has 0 fully saturated rings. The van der Waals surface area contributed by atoms with Crippen LogP contribution in [0.15, 0.2) is 65.7 Å². The van der Waals surface area contributed by atoms with E-state index >= 15 is 0 Å². The molecule has 0 heterocycles. The molecule has 1 amide bonds. The average Bonchev–Trinajstić information content (AvgIpc) is 2.60. The van der Waals surface area contributed by atoms with E-state index in [0.29, 0.717) is 17.0 Å². The van der Waals surface area contributed by atoms with Crippen molar-refractivity contribution < 1.29 is 14.3 Å². The number of hydrogen-bond donors (Lipinski definition) is 2. The van der Waals surface area contributed by atoms with Gasteiger partial charge in [0.05, 0.1) is 0 Å². The Labute approximate surface area is 151 Å². The fraction of sp³-hybridized carbons (Fsp3) is 0.176. The van der Waals surface area contributed by atoms with Gasteiger partial charge in [0.25, 0.3) is 0 Å². The van der Waals surface area contributed by atoms with Crippen LogP contribution in [0.3, 0.4) is 0 Å². The van der Waals surface area contributed by atoms with Crippen LogP contribution in [-0.2, 0) is 14.3 Å². The second-order valence-corrected chi connectivity index (χ2v) is 8.69. The Bertz CT molecular complexity index is 632. The third-order valence-electron chi connectivity index (χ3n) is 2.83. The van der Waals surface area contributed by atoms with Crippen molar-refractivity contribution in [2.24, 2.45) is 5.73 Å². The molecular weight excluding hydrogens is 391 g/mol. The predicted octanol–water partition coefficient (Wildman–Crippen LogP) is 2.10. The fourth-order valence-electron chi connectivity index (χ4n) is 1.60. The molecule has 128 valence electrons. The van der Waals surface area contributed by atoms with E-state index < -0.39 is 12.0 Å². The van der Waals surface area contributed by atoms with Gasteiger partial charge in [-0.1, -0.05) is 0 Å². The number of hydrogen-bond acceptors (Lipinski definition) is 5. The number of para-hydroxylation sites is 1. The second kappa shape index (κ2) is 10.9. The number of rotatable bonds is 9. The van der Waals surface area contributed by atoms with Crippen LogP contribution in [0.5, 0.6) is 0 Å². The molecule has 0 spiro atoms. The van der Waals surface area contributed by atoms with Gasteiger partial charge >= 0.3 is 152 Å². The van der Waals surface area contributed by atoms with Crippen molar-refractivity contribution in [1.82, 2.24) is 0 Å². The molecule has 1 aromatic carbocycles. The number of nitrogens with two attached hydrogens (primary N) is 1. The molecule has 1 aromatic rings. The van der Waals surface area contributed by atoms with Crippen molar-refractivity contribution in [3.05, 3.63) is 65.7 Å². The number of ether oxygens (including phenoxy) is 1. The maximum atomic E-state index is 12.4. The van der Waals surface area contributed by atoms with Gasteiger partial charge in [-0.25, -0.2) is 0 Å². The number of nitrogens with one attached hydrogen (secondary N) is 1. The third-order valence-corrected chi connectivity index (χ3v) is 7.16. The first-order chi connectivity index (χ1) is 11.5. The number of allylic oxidation sites excluding steroid dienone is 2. The standard InChI is InChI=1S/C17H20N2O3SSe/c1-4-13(16(20)19-12-9-7-6-8-10-12)15(5-2)24-23-11-14(18)17(21)22-3/h4-10,14H,1-2,11,18H2,3H3,(H,19,20)/b15-13-. The summed E-state index contributed by atoms with van der Waals surface area (Å²) in [6.45, 7) is 7.47. The van der Waals surface area contributed by atoms with E-state index in [-0.39, 0.29) is 19.7 Å². The van der Waals surface area contributed by atoms with Crippen LogP contribution in [0.25, 0.3) is 0 Å². The monoisotopic (exact) mass is 412 g/mol. The molecule has 1 rings (SSSR count). The molecule has 0 aliphatic rings. The van der Waals surface area contributed by atoms with Crippen molar-refractivity contribution in [3.63, 3.8) is 0 Å². The van der Waals surface area contributed by atoms with E-state index in [2.05, 4.69) is 23.2 Å². The van der Waals surface area contributed by atoms with Gasteiger partial charge in [0.15, 0.2) is 0 Å². The van der Waals surface area contributed by atoms with Gasteiger partial charge in [-0.05, 0) is 0 Å². The molecule has 0 bridgehead atoms. The number of amides is 1. The van der Waals surface area contributed by atoms with Gasteiger partial charge in [0.2, 0.25) is 0 Å². The number of benzene rings is 1. The van der Waals surface area contributed by atoms with Gasteiger partial charge in [0, 0.05) is 0 Å². The van der Waals surface area contributed by atoms with Gasteiger partial charge in [-0.3, -0.25) is 0 Å². The normalized spacial score (nSPS) is 12.6. The van der Waals surface area contributed by atoms with Gasteiger partial charge in [-0.15, -0.1) is 0 Å². The van der Waals surface area contributed by atoms with E-state index in [1.54, 1.807) is 6.08 Å². The summed E-state index contributed by atoms with van der Waals surface area (Å²) >= 11 is -0.134. The van der Waals surface area contributed by atoms with Gasteiger partial charge in [-0.2, -0.15) is 0 Å². The van der Waals surface area contributed by atoms with E-state index in [9.17, 15) is 9.59 Å². The molecule has 0 saturated carbocycles. The molecular formula is C17H20N2O3SSe. The maximum absolute atomic E-state index is 12.4. The van der Waals surface area contributed by atoms with E-state index in [4.69, 9.17) is 5.73 Å². The molecule has 0 radical (unpaired) electrons.